The smallest absolute Gasteiger partial charge is 0.344 e. The predicted molar refractivity (Wildman–Crippen MR) is 124 cm³/mol. The lowest BCUT2D eigenvalue weighted by atomic mass is 9.86. The highest BCUT2D eigenvalue weighted by Crippen LogP contribution is 2.35. The average Bonchev–Trinajstić information content (AvgIpc) is 3.02. The Kier molecular flexibility index (Phi) is 5.54. The van der Waals surface area contributed by atoms with Gasteiger partial charge in [0.15, 0.2) is 5.76 Å². The molecule has 0 radical (unpaired) electrons. The minimum Gasteiger partial charge on any atom is -0.452 e. The molecular weight excluding hydrogens is 456 g/mol. The summed E-state index contributed by atoms with van der Waals surface area (Å²) in [5, 5.41) is 0. The molecule has 31 heavy (non-hydrogen) atoms. The summed E-state index contributed by atoms with van der Waals surface area (Å²) in [6, 6.07) is 19.8. The van der Waals surface area contributed by atoms with Crippen LogP contribution in [0.25, 0.3) is 6.08 Å². The number of hydrogen-bond donors (Lipinski definition) is 0. The van der Waals surface area contributed by atoms with Gasteiger partial charge in [0, 0.05) is 10.5 Å². The first-order valence-corrected chi connectivity index (χ1v) is 10.7. The van der Waals surface area contributed by atoms with Gasteiger partial charge in [-0.3, -0.25) is 4.79 Å². The van der Waals surface area contributed by atoms with Crippen LogP contribution in [-0.2, 0) is 5.41 Å². The lowest BCUT2D eigenvalue weighted by Crippen LogP contribution is -2.10. The summed E-state index contributed by atoms with van der Waals surface area (Å²) in [4.78, 5) is 25.2. The van der Waals surface area contributed by atoms with Crippen molar-refractivity contribution in [1.29, 1.82) is 0 Å². The minimum atomic E-state index is -0.494. The highest BCUT2D eigenvalue weighted by atomic mass is 79.9. The van der Waals surface area contributed by atoms with E-state index in [-0.39, 0.29) is 17.0 Å². The molecule has 0 atom stereocenters. The number of hydrogen-bond acceptors (Lipinski definition) is 4. The fourth-order valence-electron chi connectivity index (χ4n) is 3.25. The normalized spacial score (nSPS) is 14.3. The fourth-order valence-corrected chi connectivity index (χ4v) is 3.70. The molecule has 0 spiro atoms. The molecule has 3 aromatic carbocycles. The van der Waals surface area contributed by atoms with Gasteiger partial charge < -0.3 is 9.47 Å². The van der Waals surface area contributed by atoms with E-state index >= 15 is 0 Å². The molecule has 0 bridgehead atoms. The van der Waals surface area contributed by atoms with Gasteiger partial charge in [-0.25, -0.2) is 4.79 Å². The van der Waals surface area contributed by atoms with Crippen LogP contribution in [0.15, 0.2) is 77.0 Å². The minimum absolute atomic E-state index is 0.0603. The van der Waals surface area contributed by atoms with Crippen molar-refractivity contribution in [3.05, 3.63) is 99.2 Å². The largest absolute Gasteiger partial charge is 0.452 e. The molecule has 1 heterocycles. The molecule has 5 heteroatoms. The monoisotopic (exact) mass is 476 g/mol. The van der Waals surface area contributed by atoms with Crippen molar-refractivity contribution in [2.45, 2.75) is 26.2 Å². The lowest BCUT2D eigenvalue weighted by molar-refractivity contribution is 0.0733. The number of fused-ring (bicyclic) bond motifs is 1. The Balaban J connectivity index is 1.53. The van der Waals surface area contributed by atoms with Gasteiger partial charge in [0.25, 0.3) is 0 Å². The van der Waals surface area contributed by atoms with Crippen molar-refractivity contribution < 1.29 is 19.1 Å². The van der Waals surface area contributed by atoms with E-state index in [0.29, 0.717) is 27.1 Å². The Morgan fingerprint density at radius 2 is 1.71 bits per heavy atom. The van der Waals surface area contributed by atoms with Gasteiger partial charge in [-0.2, -0.15) is 0 Å². The third kappa shape index (κ3) is 4.47. The number of Topliss-reactive ketones (excluding diaryl/α,β-unsaturated/α-hetero) is 1. The summed E-state index contributed by atoms with van der Waals surface area (Å²) in [5.41, 5.74) is 3.01. The number of esters is 1. The molecule has 0 saturated heterocycles. The van der Waals surface area contributed by atoms with Crippen molar-refractivity contribution >= 4 is 33.8 Å². The van der Waals surface area contributed by atoms with Crippen molar-refractivity contribution in [3.8, 4) is 11.5 Å². The van der Waals surface area contributed by atoms with Crippen molar-refractivity contribution in [1.82, 2.24) is 0 Å². The number of benzene rings is 3. The van der Waals surface area contributed by atoms with Crippen LogP contribution in [0.1, 0.15) is 52.6 Å². The number of ketones is 1. The second-order valence-corrected chi connectivity index (χ2v) is 9.19. The van der Waals surface area contributed by atoms with Crippen LogP contribution in [0.4, 0.5) is 0 Å². The summed E-state index contributed by atoms with van der Waals surface area (Å²) in [6.45, 7) is 6.46. The lowest BCUT2D eigenvalue weighted by Gasteiger charge is -2.18. The van der Waals surface area contributed by atoms with Gasteiger partial charge in [-0.15, -0.1) is 0 Å². The van der Waals surface area contributed by atoms with E-state index in [1.165, 1.54) is 5.56 Å². The first-order chi connectivity index (χ1) is 14.7. The summed E-state index contributed by atoms with van der Waals surface area (Å²) < 4.78 is 11.9. The molecule has 0 unspecified atom stereocenters. The molecule has 1 aliphatic heterocycles. The van der Waals surface area contributed by atoms with Gasteiger partial charge in [-0.05, 0) is 62.8 Å². The number of halogens is 1. The maximum Gasteiger partial charge on any atom is 0.344 e. The van der Waals surface area contributed by atoms with E-state index in [0.717, 1.165) is 5.56 Å². The maximum atomic E-state index is 12.7. The summed E-state index contributed by atoms with van der Waals surface area (Å²) in [6.07, 6.45) is 1.72. The maximum absolute atomic E-state index is 12.7. The van der Waals surface area contributed by atoms with E-state index in [9.17, 15) is 9.59 Å². The zero-order valence-electron chi connectivity index (χ0n) is 17.4. The zero-order chi connectivity index (χ0) is 22.2. The molecule has 0 amide bonds. The van der Waals surface area contributed by atoms with Crippen LogP contribution in [0, 0.1) is 0 Å². The number of carbonyl (C=O) groups is 2. The number of rotatable bonds is 3. The molecule has 0 fully saturated rings. The Morgan fingerprint density at radius 3 is 2.39 bits per heavy atom. The van der Waals surface area contributed by atoms with Gasteiger partial charge in [-0.1, -0.05) is 57.2 Å². The van der Waals surface area contributed by atoms with Crippen molar-refractivity contribution in [2.24, 2.45) is 0 Å². The van der Waals surface area contributed by atoms with Crippen LogP contribution in [0.3, 0.4) is 0 Å². The van der Waals surface area contributed by atoms with E-state index < -0.39 is 5.97 Å². The van der Waals surface area contributed by atoms with Crippen LogP contribution in [0.2, 0.25) is 0 Å². The Labute approximate surface area is 189 Å². The molecule has 3 aromatic rings. The highest BCUT2D eigenvalue weighted by molar-refractivity contribution is 9.10. The highest BCUT2D eigenvalue weighted by Gasteiger charge is 2.28. The third-order valence-corrected chi connectivity index (χ3v) is 5.71. The Hall–Kier alpha value is -3.18. The van der Waals surface area contributed by atoms with Gasteiger partial charge in [0.2, 0.25) is 5.78 Å². The average molecular weight is 477 g/mol. The van der Waals surface area contributed by atoms with Gasteiger partial charge in [0.1, 0.15) is 11.5 Å². The summed E-state index contributed by atoms with van der Waals surface area (Å²) in [5.74, 6) is 0.237. The molecule has 4 rings (SSSR count). The molecule has 1 aliphatic rings. The third-order valence-electron chi connectivity index (χ3n) is 5.02. The Morgan fingerprint density at radius 1 is 1.00 bits per heavy atom. The molecule has 0 saturated carbocycles. The number of ether oxygens (including phenoxy) is 2. The molecule has 0 N–H and O–H groups in total. The molecule has 0 aliphatic carbocycles. The predicted octanol–water partition coefficient (Wildman–Crippen LogP) is 6.58. The van der Waals surface area contributed by atoms with Crippen LogP contribution in [0.5, 0.6) is 11.5 Å². The SMILES string of the molecule is CC(C)(C)c1ccc(/C=C2\Oc3cc(OC(=O)c4ccccc4Br)ccc3C2=O)cc1. The second-order valence-electron chi connectivity index (χ2n) is 8.34. The number of allylic oxidation sites excluding steroid dienone is 1. The first kappa shape index (κ1) is 21.1. The van der Waals surface area contributed by atoms with E-state index in [1.807, 2.05) is 18.2 Å². The number of carbonyl (C=O) groups excluding carboxylic acids is 2. The van der Waals surface area contributed by atoms with E-state index in [4.69, 9.17) is 9.47 Å². The van der Waals surface area contributed by atoms with E-state index in [2.05, 4.69) is 48.8 Å². The van der Waals surface area contributed by atoms with Crippen LogP contribution in [-0.4, -0.2) is 11.8 Å². The summed E-state index contributed by atoms with van der Waals surface area (Å²) >= 11 is 3.34. The second kappa shape index (κ2) is 8.16. The zero-order valence-corrected chi connectivity index (χ0v) is 19.0. The molecule has 156 valence electrons. The molecule has 4 nitrogen and oxygen atoms in total. The molecular formula is C26H21BrO4. The topological polar surface area (TPSA) is 52.6 Å². The van der Waals surface area contributed by atoms with Gasteiger partial charge >= 0.3 is 5.97 Å². The van der Waals surface area contributed by atoms with Crippen molar-refractivity contribution in [3.63, 3.8) is 0 Å². The van der Waals surface area contributed by atoms with E-state index in [1.54, 1.807) is 42.5 Å². The fraction of sp³-hybridized carbons (Fsp3) is 0.154. The summed E-state index contributed by atoms with van der Waals surface area (Å²) in [7, 11) is 0. The van der Waals surface area contributed by atoms with Crippen molar-refractivity contribution in [2.75, 3.05) is 0 Å². The quantitative estimate of drug-likeness (QED) is 0.243. The Bertz CT molecular complexity index is 1200. The standard InChI is InChI=1S/C26H21BrO4/c1-26(2,3)17-10-8-16(9-11-17)14-23-24(28)20-13-12-18(15-22(20)31-23)30-25(29)19-6-4-5-7-21(19)27/h4-15H,1-3H3/b23-14-. The van der Waals surface area contributed by atoms with Crippen LogP contribution < -0.4 is 9.47 Å². The molecule has 0 aromatic heterocycles. The van der Waals surface area contributed by atoms with Gasteiger partial charge in [0.05, 0.1) is 11.1 Å². The first-order valence-electron chi connectivity index (χ1n) is 9.88. The van der Waals surface area contributed by atoms with Crippen LogP contribution >= 0.6 is 15.9 Å².